The molecule has 1 aliphatic rings. The molecule has 1 aromatic heterocycles. The fraction of sp³-hybridized carbons (Fsp3) is 0.636. The van der Waals surface area contributed by atoms with Gasteiger partial charge in [0.1, 0.15) is 6.10 Å². The molecule has 1 saturated heterocycles. The number of aryl methyl sites for hydroxylation is 1. The minimum atomic E-state index is 0. The summed E-state index contributed by atoms with van der Waals surface area (Å²) < 4.78 is 7.51. The van der Waals surface area contributed by atoms with Crippen molar-refractivity contribution in [3.63, 3.8) is 0 Å². The lowest BCUT2D eigenvalue weighted by atomic mass is 10.1. The average molecular weight is 365 g/mol. The van der Waals surface area contributed by atoms with Gasteiger partial charge in [-0.2, -0.15) is 5.10 Å². The lowest BCUT2D eigenvalue weighted by Gasteiger charge is -2.33. The number of morpholine rings is 1. The van der Waals surface area contributed by atoms with Gasteiger partial charge in [-0.1, -0.05) is 0 Å². The van der Waals surface area contributed by atoms with Crippen LogP contribution in [0.3, 0.4) is 0 Å². The first-order valence-electron chi connectivity index (χ1n) is 5.85. The standard InChI is InChI=1S/C11H19N5O.HI/c1-3-13-11(12)16-4-5-17-10(8-16)9-6-14-15(2)7-9;/h6-7,10H,3-5,8H2,1-2H3,(H2,12,13);1H. The summed E-state index contributed by atoms with van der Waals surface area (Å²) in [5.74, 6) is 0.602. The Morgan fingerprint density at radius 2 is 2.44 bits per heavy atom. The Kier molecular flexibility index (Phi) is 5.86. The van der Waals surface area contributed by atoms with Gasteiger partial charge in [0.15, 0.2) is 5.96 Å². The third-order valence-corrected chi connectivity index (χ3v) is 2.81. The Hall–Kier alpha value is -0.830. The van der Waals surface area contributed by atoms with E-state index in [9.17, 15) is 0 Å². The molecule has 102 valence electrons. The maximum Gasteiger partial charge on any atom is 0.191 e. The van der Waals surface area contributed by atoms with Crippen LogP contribution in [0.1, 0.15) is 18.6 Å². The van der Waals surface area contributed by atoms with Crippen molar-refractivity contribution in [2.24, 2.45) is 17.8 Å². The highest BCUT2D eigenvalue weighted by molar-refractivity contribution is 14.0. The van der Waals surface area contributed by atoms with Crippen LogP contribution in [0.5, 0.6) is 0 Å². The topological polar surface area (TPSA) is 68.7 Å². The van der Waals surface area contributed by atoms with Gasteiger partial charge in [-0.15, -0.1) is 24.0 Å². The van der Waals surface area contributed by atoms with Gasteiger partial charge < -0.3 is 15.4 Å². The van der Waals surface area contributed by atoms with Crippen molar-refractivity contribution in [3.05, 3.63) is 18.0 Å². The van der Waals surface area contributed by atoms with E-state index < -0.39 is 0 Å². The first-order chi connectivity index (χ1) is 8.20. The van der Waals surface area contributed by atoms with E-state index in [-0.39, 0.29) is 30.1 Å². The van der Waals surface area contributed by atoms with E-state index >= 15 is 0 Å². The molecular formula is C11H20IN5O. The van der Waals surface area contributed by atoms with E-state index in [1.165, 1.54) is 0 Å². The van der Waals surface area contributed by atoms with Crippen LogP contribution in [0.2, 0.25) is 0 Å². The number of nitrogens with two attached hydrogens (primary N) is 1. The number of hydrogen-bond acceptors (Lipinski definition) is 3. The minimum absolute atomic E-state index is 0. The van der Waals surface area contributed by atoms with E-state index in [0.29, 0.717) is 19.1 Å². The number of halogens is 1. The summed E-state index contributed by atoms with van der Waals surface area (Å²) in [6.45, 7) is 4.89. The smallest absolute Gasteiger partial charge is 0.191 e. The first-order valence-corrected chi connectivity index (χ1v) is 5.85. The lowest BCUT2D eigenvalue weighted by molar-refractivity contribution is -0.00737. The number of ether oxygens (including phenoxy) is 1. The second-order valence-electron chi connectivity index (χ2n) is 4.09. The molecule has 1 atom stereocenters. The second kappa shape index (κ2) is 6.93. The van der Waals surface area contributed by atoms with E-state index in [1.807, 2.05) is 26.4 Å². The molecule has 0 spiro atoms. The summed E-state index contributed by atoms with van der Waals surface area (Å²) >= 11 is 0. The van der Waals surface area contributed by atoms with Crippen molar-refractivity contribution < 1.29 is 4.74 Å². The zero-order valence-electron chi connectivity index (χ0n) is 10.7. The Balaban J connectivity index is 0.00000162. The van der Waals surface area contributed by atoms with Crippen LogP contribution in [0, 0.1) is 0 Å². The quantitative estimate of drug-likeness (QED) is 0.477. The number of guanidine groups is 1. The van der Waals surface area contributed by atoms with Gasteiger partial charge in [0, 0.05) is 31.9 Å². The zero-order valence-corrected chi connectivity index (χ0v) is 13.1. The highest BCUT2D eigenvalue weighted by Crippen LogP contribution is 2.21. The Labute approximate surface area is 124 Å². The predicted molar refractivity (Wildman–Crippen MR) is 81.1 cm³/mol. The Morgan fingerprint density at radius 1 is 1.67 bits per heavy atom. The Bertz CT molecular complexity index is 406. The van der Waals surface area contributed by atoms with Crippen molar-refractivity contribution in [1.82, 2.24) is 14.7 Å². The summed E-state index contributed by atoms with van der Waals surface area (Å²) in [5.41, 5.74) is 6.99. The van der Waals surface area contributed by atoms with Crippen LogP contribution in [-0.4, -0.2) is 46.9 Å². The van der Waals surface area contributed by atoms with E-state index in [4.69, 9.17) is 10.5 Å². The number of nitrogens with zero attached hydrogens (tertiary/aromatic N) is 4. The van der Waals surface area contributed by atoms with Gasteiger partial charge in [0.25, 0.3) is 0 Å². The lowest BCUT2D eigenvalue weighted by Crippen LogP contribution is -2.46. The molecular weight excluding hydrogens is 345 g/mol. The molecule has 0 aromatic carbocycles. The maximum atomic E-state index is 5.90. The SMILES string of the molecule is CCN=C(N)N1CCOC(c2cnn(C)c2)C1.I. The fourth-order valence-corrected chi connectivity index (χ4v) is 1.93. The van der Waals surface area contributed by atoms with Crippen molar-refractivity contribution in [2.75, 3.05) is 26.2 Å². The molecule has 1 aliphatic heterocycles. The van der Waals surface area contributed by atoms with Crippen molar-refractivity contribution >= 4 is 29.9 Å². The molecule has 6 nitrogen and oxygen atoms in total. The molecule has 2 rings (SSSR count). The summed E-state index contributed by atoms with van der Waals surface area (Å²) in [6.07, 6.45) is 3.84. The summed E-state index contributed by atoms with van der Waals surface area (Å²) in [6, 6.07) is 0. The third kappa shape index (κ3) is 3.58. The summed E-state index contributed by atoms with van der Waals surface area (Å²) in [5, 5.41) is 4.15. The van der Waals surface area contributed by atoms with Crippen molar-refractivity contribution in [1.29, 1.82) is 0 Å². The van der Waals surface area contributed by atoms with Gasteiger partial charge in [0.2, 0.25) is 0 Å². The van der Waals surface area contributed by atoms with Gasteiger partial charge >= 0.3 is 0 Å². The molecule has 7 heteroatoms. The summed E-state index contributed by atoms with van der Waals surface area (Å²) in [4.78, 5) is 6.29. The first kappa shape index (κ1) is 15.2. The molecule has 0 amide bonds. The van der Waals surface area contributed by atoms with Crippen LogP contribution in [-0.2, 0) is 11.8 Å². The minimum Gasteiger partial charge on any atom is -0.370 e. The molecule has 0 radical (unpaired) electrons. The zero-order chi connectivity index (χ0) is 12.3. The van der Waals surface area contributed by atoms with Gasteiger partial charge in [-0.05, 0) is 6.92 Å². The normalized spacial score (nSPS) is 20.7. The molecule has 2 N–H and O–H groups in total. The number of hydrogen-bond donors (Lipinski definition) is 1. The van der Waals surface area contributed by atoms with Crippen LogP contribution >= 0.6 is 24.0 Å². The molecule has 0 aliphatic carbocycles. The Morgan fingerprint density at radius 3 is 3.06 bits per heavy atom. The van der Waals surface area contributed by atoms with Crippen molar-refractivity contribution in [2.45, 2.75) is 13.0 Å². The number of rotatable bonds is 2. The highest BCUT2D eigenvalue weighted by atomic mass is 127. The van der Waals surface area contributed by atoms with Crippen LogP contribution in [0.15, 0.2) is 17.4 Å². The van der Waals surface area contributed by atoms with E-state index in [0.717, 1.165) is 18.7 Å². The van der Waals surface area contributed by atoms with Crippen LogP contribution in [0.4, 0.5) is 0 Å². The van der Waals surface area contributed by atoms with Gasteiger partial charge in [-0.25, -0.2) is 0 Å². The molecule has 2 heterocycles. The number of aliphatic imine (C=N–C) groups is 1. The fourth-order valence-electron chi connectivity index (χ4n) is 1.93. The van der Waals surface area contributed by atoms with Crippen LogP contribution < -0.4 is 5.73 Å². The largest absolute Gasteiger partial charge is 0.370 e. The van der Waals surface area contributed by atoms with Crippen molar-refractivity contribution in [3.8, 4) is 0 Å². The molecule has 18 heavy (non-hydrogen) atoms. The van der Waals surface area contributed by atoms with Gasteiger partial charge in [-0.3, -0.25) is 9.67 Å². The highest BCUT2D eigenvalue weighted by Gasteiger charge is 2.23. The second-order valence-corrected chi connectivity index (χ2v) is 4.09. The molecule has 0 bridgehead atoms. The molecule has 1 fully saturated rings. The predicted octanol–water partition coefficient (Wildman–Crippen LogP) is 0.746. The number of aromatic nitrogens is 2. The maximum absolute atomic E-state index is 5.90. The van der Waals surface area contributed by atoms with Gasteiger partial charge in [0.05, 0.1) is 19.3 Å². The molecule has 1 aromatic rings. The average Bonchev–Trinajstić information content (AvgIpc) is 2.76. The van der Waals surface area contributed by atoms with E-state index in [2.05, 4.69) is 15.0 Å². The van der Waals surface area contributed by atoms with Crippen LogP contribution in [0.25, 0.3) is 0 Å². The monoisotopic (exact) mass is 365 g/mol. The third-order valence-electron chi connectivity index (χ3n) is 2.81. The molecule has 1 unspecified atom stereocenters. The molecule has 0 saturated carbocycles. The van der Waals surface area contributed by atoms with E-state index in [1.54, 1.807) is 4.68 Å². The summed E-state index contributed by atoms with van der Waals surface area (Å²) in [7, 11) is 1.90.